The van der Waals surface area contributed by atoms with Crippen LogP contribution in [-0.2, 0) is 0 Å². The summed E-state index contributed by atoms with van der Waals surface area (Å²) in [4.78, 5) is 17.3. The van der Waals surface area contributed by atoms with E-state index in [0.29, 0.717) is 5.30 Å². The van der Waals surface area contributed by atoms with Crippen LogP contribution in [0.2, 0.25) is 0 Å². The van der Waals surface area contributed by atoms with E-state index in [1.165, 1.54) is 0 Å². The fraction of sp³-hybridized carbons (Fsp3) is 0. The van der Waals surface area contributed by atoms with Crippen LogP contribution < -0.4 is 5.30 Å². The molecular weight excluding hydrogens is 158 g/mol. The Morgan fingerprint density at radius 2 is 1.50 bits per heavy atom. The van der Waals surface area contributed by atoms with Gasteiger partial charge in [0.15, 0.2) is 8.38 Å². The van der Waals surface area contributed by atoms with E-state index in [2.05, 4.69) is 0 Å². The van der Waals surface area contributed by atoms with Crippen LogP contribution in [0.3, 0.4) is 0 Å². The Morgan fingerprint density at radius 1 is 1.00 bits per heavy atom. The van der Waals surface area contributed by atoms with Crippen LogP contribution >= 0.6 is 8.38 Å². The second-order valence-corrected chi connectivity index (χ2v) is 2.72. The summed E-state index contributed by atoms with van der Waals surface area (Å²) in [5.41, 5.74) is 0. The summed E-state index contributed by atoms with van der Waals surface area (Å²) in [7, 11) is -1.90. The summed E-state index contributed by atoms with van der Waals surface area (Å²) < 4.78 is 0. The number of hydrogen-bond acceptors (Lipinski definition) is 2. The fourth-order valence-electron chi connectivity index (χ4n) is 0.561. The summed E-state index contributed by atoms with van der Waals surface area (Å²) in [6.07, 6.45) is 0. The van der Waals surface area contributed by atoms with Crippen molar-refractivity contribution in [1.82, 2.24) is 0 Å². The van der Waals surface area contributed by atoms with Crippen molar-refractivity contribution in [2.75, 3.05) is 0 Å². The predicted molar refractivity (Wildman–Crippen MR) is 44.6 cm³/mol. The SMILES string of the molecule is OP(O)c1ccccc1.[NaH]. The summed E-state index contributed by atoms with van der Waals surface area (Å²) in [6, 6.07) is 8.76. The summed E-state index contributed by atoms with van der Waals surface area (Å²) in [6.45, 7) is 0. The van der Waals surface area contributed by atoms with Crippen molar-refractivity contribution in [3.05, 3.63) is 30.3 Å². The van der Waals surface area contributed by atoms with E-state index in [-0.39, 0.29) is 29.6 Å². The van der Waals surface area contributed by atoms with Gasteiger partial charge in [-0.15, -0.1) is 0 Å². The van der Waals surface area contributed by atoms with Crippen LogP contribution in [0, 0.1) is 0 Å². The van der Waals surface area contributed by atoms with Crippen molar-refractivity contribution < 1.29 is 9.79 Å². The van der Waals surface area contributed by atoms with Crippen LogP contribution in [0.1, 0.15) is 0 Å². The molecule has 1 aromatic carbocycles. The first-order valence-electron chi connectivity index (χ1n) is 2.53. The predicted octanol–water partition coefficient (Wildman–Crippen LogP) is -0.0401. The number of rotatable bonds is 1. The van der Waals surface area contributed by atoms with Crippen molar-refractivity contribution in [2.45, 2.75) is 0 Å². The van der Waals surface area contributed by atoms with Gasteiger partial charge in [0.05, 0.1) is 0 Å². The maximum absolute atomic E-state index is 8.64. The van der Waals surface area contributed by atoms with Gasteiger partial charge in [-0.05, 0) is 12.1 Å². The molecule has 0 aliphatic carbocycles. The van der Waals surface area contributed by atoms with E-state index in [0.717, 1.165) is 0 Å². The third-order valence-electron chi connectivity index (χ3n) is 0.987. The Hall–Kier alpha value is 0.570. The summed E-state index contributed by atoms with van der Waals surface area (Å²) in [5, 5.41) is 0.590. The topological polar surface area (TPSA) is 40.5 Å². The van der Waals surface area contributed by atoms with Gasteiger partial charge in [0.2, 0.25) is 0 Å². The van der Waals surface area contributed by atoms with Gasteiger partial charge in [0, 0.05) is 5.30 Å². The zero-order chi connectivity index (χ0) is 6.69. The Labute approximate surface area is 83.1 Å². The molecule has 0 spiro atoms. The summed E-state index contributed by atoms with van der Waals surface area (Å²) in [5.74, 6) is 0. The molecule has 1 rings (SSSR count). The van der Waals surface area contributed by atoms with Gasteiger partial charge in [0.25, 0.3) is 0 Å². The number of hydrogen-bond donors (Lipinski definition) is 2. The molecule has 0 saturated heterocycles. The van der Waals surface area contributed by atoms with E-state index in [1.807, 2.05) is 6.07 Å². The molecule has 50 valence electrons. The maximum atomic E-state index is 8.64. The van der Waals surface area contributed by atoms with E-state index in [1.54, 1.807) is 24.3 Å². The Morgan fingerprint density at radius 3 is 1.80 bits per heavy atom. The number of benzene rings is 1. The Balaban J connectivity index is 0.000000810. The van der Waals surface area contributed by atoms with Gasteiger partial charge in [-0.25, -0.2) is 0 Å². The van der Waals surface area contributed by atoms with E-state index >= 15 is 0 Å². The van der Waals surface area contributed by atoms with E-state index < -0.39 is 8.38 Å². The third kappa shape index (κ3) is 3.11. The zero-order valence-corrected chi connectivity index (χ0v) is 5.62. The third-order valence-corrected chi connectivity index (χ3v) is 1.75. The molecule has 0 bridgehead atoms. The molecule has 0 unspecified atom stereocenters. The molecule has 0 radical (unpaired) electrons. The van der Waals surface area contributed by atoms with Gasteiger partial charge >= 0.3 is 29.6 Å². The molecular formula is C6H8NaO2P. The molecule has 0 amide bonds. The van der Waals surface area contributed by atoms with Crippen LogP contribution in [0.25, 0.3) is 0 Å². The first-order valence-corrected chi connectivity index (χ1v) is 3.78. The van der Waals surface area contributed by atoms with E-state index in [4.69, 9.17) is 9.79 Å². The first kappa shape index (κ1) is 10.6. The molecule has 4 heteroatoms. The van der Waals surface area contributed by atoms with Crippen molar-refractivity contribution in [3.63, 3.8) is 0 Å². The summed E-state index contributed by atoms with van der Waals surface area (Å²) >= 11 is 0. The normalized spacial score (nSPS) is 9.10. The van der Waals surface area contributed by atoms with Gasteiger partial charge in [-0.1, -0.05) is 18.2 Å². The van der Waals surface area contributed by atoms with Crippen molar-refractivity contribution in [1.29, 1.82) is 0 Å². The minimum atomic E-state index is -1.90. The second-order valence-electron chi connectivity index (χ2n) is 1.62. The standard InChI is InChI=1S/C6H7O2P.Na.H/c7-9(8)6-4-2-1-3-5-6;;/h1-5,7-8H;;. The molecule has 0 fully saturated rings. The van der Waals surface area contributed by atoms with Gasteiger partial charge in [-0.2, -0.15) is 0 Å². The average Bonchev–Trinajstić information content (AvgIpc) is 1.90. The van der Waals surface area contributed by atoms with Crippen molar-refractivity contribution >= 4 is 43.2 Å². The molecule has 0 heterocycles. The van der Waals surface area contributed by atoms with Crippen LogP contribution in [0.5, 0.6) is 0 Å². The van der Waals surface area contributed by atoms with Gasteiger partial charge in [-0.3, -0.25) is 0 Å². The molecule has 0 aromatic heterocycles. The molecule has 0 aliphatic heterocycles. The van der Waals surface area contributed by atoms with Crippen molar-refractivity contribution in [2.24, 2.45) is 0 Å². The average molecular weight is 166 g/mol. The van der Waals surface area contributed by atoms with Crippen LogP contribution in [0.4, 0.5) is 0 Å². The quantitative estimate of drug-likeness (QED) is 0.454. The Kier molecular flexibility index (Phi) is 5.55. The molecule has 10 heavy (non-hydrogen) atoms. The molecule has 2 nitrogen and oxygen atoms in total. The van der Waals surface area contributed by atoms with Crippen LogP contribution in [0.15, 0.2) is 30.3 Å². The first-order chi connectivity index (χ1) is 4.30. The molecule has 0 atom stereocenters. The molecule has 2 N–H and O–H groups in total. The Bertz CT molecular complexity index is 178. The monoisotopic (exact) mass is 166 g/mol. The molecule has 0 aliphatic rings. The van der Waals surface area contributed by atoms with Gasteiger partial charge < -0.3 is 9.79 Å². The van der Waals surface area contributed by atoms with E-state index in [9.17, 15) is 0 Å². The van der Waals surface area contributed by atoms with Gasteiger partial charge in [0.1, 0.15) is 0 Å². The van der Waals surface area contributed by atoms with Crippen LogP contribution in [-0.4, -0.2) is 39.3 Å². The molecule has 1 aromatic rings. The van der Waals surface area contributed by atoms with Crippen molar-refractivity contribution in [3.8, 4) is 0 Å². The zero-order valence-electron chi connectivity index (χ0n) is 4.73. The molecule has 0 saturated carbocycles. The second kappa shape index (κ2) is 5.25. The fourth-order valence-corrected chi connectivity index (χ4v) is 1.00. The minimum absolute atomic E-state index is 0.